The highest BCUT2D eigenvalue weighted by Crippen LogP contribution is 2.19. The third kappa shape index (κ3) is 3.64. The van der Waals surface area contributed by atoms with Crippen LogP contribution in [0.1, 0.15) is 25.8 Å². The SMILES string of the molecule is CCCc1ccc(-c2nc(Cl)nc(OCC)n2)cc1. The monoisotopic (exact) mass is 277 g/mol. The van der Waals surface area contributed by atoms with Gasteiger partial charge in [0, 0.05) is 5.56 Å². The summed E-state index contributed by atoms with van der Waals surface area (Å²) in [4.78, 5) is 12.3. The van der Waals surface area contributed by atoms with Gasteiger partial charge in [-0.05, 0) is 30.5 Å². The average Bonchev–Trinajstić information content (AvgIpc) is 2.40. The van der Waals surface area contributed by atoms with Crippen LogP contribution in [-0.2, 0) is 6.42 Å². The minimum Gasteiger partial charge on any atom is -0.464 e. The largest absolute Gasteiger partial charge is 0.464 e. The molecule has 1 aromatic carbocycles. The first kappa shape index (κ1) is 13.7. The lowest BCUT2D eigenvalue weighted by molar-refractivity contribution is 0.312. The van der Waals surface area contributed by atoms with Gasteiger partial charge in [0.05, 0.1) is 6.61 Å². The van der Waals surface area contributed by atoms with Gasteiger partial charge in [-0.1, -0.05) is 37.6 Å². The summed E-state index contributed by atoms with van der Waals surface area (Å²) in [5.74, 6) is 0.534. The van der Waals surface area contributed by atoms with Crippen molar-refractivity contribution in [3.05, 3.63) is 35.1 Å². The molecule has 4 nitrogen and oxygen atoms in total. The van der Waals surface area contributed by atoms with Crippen molar-refractivity contribution < 1.29 is 4.74 Å². The number of hydrogen-bond acceptors (Lipinski definition) is 4. The predicted octanol–water partition coefficient (Wildman–Crippen LogP) is 3.54. The van der Waals surface area contributed by atoms with E-state index < -0.39 is 0 Å². The minimum absolute atomic E-state index is 0.145. The quantitative estimate of drug-likeness (QED) is 0.839. The lowest BCUT2D eigenvalue weighted by Gasteiger charge is -2.05. The maximum atomic E-state index is 5.87. The summed E-state index contributed by atoms with van der Waals surface area (Å²) in [5.41, 5.74) is 2.21. The summed E-state index contributed by atoms with van der Waals surface area (Å²) < 4.78 is 5.26. The van der Waals surface area contributed by atoms with Crippen LogP contribution in [0.2, 0.25) is 5.28 Å². The third-order valence-electron chi connectivity index (χ3n) is 2.61. The summed E-state index contributed by atoms with van der Waals surface area (Å²) in [7, 11) is 0. The molecule has 0 fully saturated rings. The summed E-state index contributed by atoms with van der Waals surface area (Å²) >= 11 is 5.87. The molecule has 0 aliphatic heterocycles. The van der Waals surface area contributed by atoms with Crippen LogP contribution in [0.3, 0.4) is 0 Å². The fraction of sp³-hybridized carbons (Fsp3) is 0.357. The number of aryl methyl sites for hydroxylation is 1. The van der Waals surface area contributed by atoms with E-state index in [0.29, 0.717) is 12.4 Å². The molecule has 0 saturated heterocycles. The first-order valence-corrected chi connectivity index (χ1v) is 6.74. The first-order valence-electron chi connectivity index (χ1n) is 6.36. The van der Waals surface area contributed by atoms with Crippen LogP contribution >= 0.6 is 11.6 Å². The maximum Gasteiger partial charge on any atom is 0.321 e. The van der Waals surface area contributed by atoms with E-state index >= 15 is 0 Å². The number of aromatic nitrogens is 3. The number of benzene rings is 1. The molecule has 0 spiro atoms. The number of halogens is 1. The molecule has 0 atom stereocenters. The Kier molecular flexibility index (Phi) is 4.68. The average molecular weight is 278 g/mol. The molecule has 5 heteroatoms. The zero-order valence-electron chi connectivity index (χ0n) is 11.1. The highest BCUT2D eigenvalue weighted by Gasteiger charge is 2.07. The molecular formula is C14H16ClN3O. The normalized spacial score (nSPS) is 10.5. The molecule has 0 bridgehead atoms. The van der Waals surface area contributed by atoms with E-state index in [1.165, 1.54) is 5.56 Å². The van der Waals surface area contributed by atoms with Crippen molar-refractivity contribution in [2.75, 3.05) is 6.61 Å². The van der Waals surface area contributed by atoms with Gasteiger partial charge in [-0.2, -0.15) is 15.0 Å². The number of rotatable bonds is 5. The summed E-state index contributed by atoms with van der Waals surface area (Å²) in [6.45, 7) is 4.53. The Labute approximate surface area is 117 Å². The van der Waals surface area contributed by atoms with Crippen LogP contribution < -0.4 is 4.74 Å². The predicted molar refractivity (Wildman–Crippen MR) is 75.4 cm³/mol. The molecule has 0 N–H and O–H groups in total. The Morgan fingerprint density at radius 1 is 1.05 bits per heavy atom. The number of ether oxygens (including phenoxy) is 1. The van der Waals surface area contributed by atoms with E-state index in [1.807, 2.05) is 19.1 Å². The fourth-order valence-corrected chi connectivity index (χ4v) is 1.92. The highest BCUT2D eigenvalue weighted by molar-refractivity contribution is 6.28. The highest BCUT2D eigenvalue weighted by atomic mass is 35.5. The smallest absolute Gasteiger partial charge is 0.321 e. The van der Waals surface area contributed by atoms with E-state index in [1.54, 1.807) is 0 Å². The molecule has 0 amide bonds. The van der Waals surface area contributed by atoms with Crippen LogP contribution in [0, 0.1) is 0 Å². The van der Waals surface area contributed by atoms with Crippen molar-refractivity contribution in [2.45, 2.75) is 26.7 Å². The molecule has 2 aromatic rings. The number of nitrogens with zero attached hydrogens (tertiary/aromatic N) is 3. The van der Waals surface area contributed by atoms with Gasteiger partial charge >= 0.3 is 6.01 Å². The molecule has 1 heterocycles. The Morgan fingerprint density at radius 3 is 2.42 bits per heavy atom. The number of hydrogen-bond donors (Lipinski definition) is 0. The van der Waals surface area contributed by atoms with Crippen molar-refractivity contribution in [1.82, 2.24) is 15.0 Å². The van der Waals surface area contributed by atoms with E-state index in [0.717, 1.165) is 18.4 Å². The summed E-state index contributed by atoms with van der Waals surface area (Å²) in [6, 6.07) is 8.40. The topological polar surface area (TPSA) is 47.9 Å². The van der Waals surface area contributed by atoms with Crippen LogP contribution in [0.15, 0.2) is 24.3 Å². The Balaban J connectivity index is 2.29. The van der Waals surface area contributed by atoms with Crippen molar-refractivity contribution >= 4 is 11.6 Å². The zero-order valence-corrected chi connectivity index (χ0v) is 11.8. The van der Waals surface area contributed by atoms with E-state index in [-0.39, 0.29) is 11.3 Å². The second kappa shape index (κ2) is 6.48. The molecular weight excluding hydrogens is 262 g/mol. The Bertz CT molecular complexity index is 543. The van der Waals surface area contributed by atoms with Crippen molar-refractivity contribution in [1.29, 1.82) is 0 Å². The van der Waals surface area contributed by atoms with Crippen molar-refractivity contribution in [3.63, 3.8) is 0 Å². The van der Waals surface area contributed by atoms with Gasteiger partial charge in [-0.25, -0.2) is 0 Å². The molecule has 100 valence electrons. The lowest BCUT2D eigenvalue weighted by atomic mass is 10.1. The molecule has 0 unspecified atom stereocenters. The molecule has 0 radical (unpaired) electrons. The van der Waals surface area contributed by atoms with Gasteiger partial charge in [0.2, 0.25) is 5.28 Å². The van der Waals surface area contributed by atoms with Crippen LogP contribution in [0.25, 0.3) is 11.4 Å². The minimum atomic E-state index is 0.145. The maximum absolute atomic E-state index is 5.87. The second-order valence-electron chi connectivity index (χ2n) is 4.09. The third-order valence-corrected chi connectivity index (χ3v) is 2.78. The first-order chi connectivity index (χ1) is 9.22. The Morgan fingerprint density at radius 2 is 1.79 bits per heavy atom. The fourth-order valence-electron chi connectivity index (χ4n) is 1.76. The molecule has 0 saturated carbocycles. The van der Waals surface area contributed by atoms with E-state index in [2.05, 4.69) is 34.0 Å². The van der Waals surface area contributed by atoms with Gasteiger partial charge in [0.15, 0.2) is 5.82 Å². The second-order valence-corrected chi connectivity index (χ2v) is 4.43. The molecule has 0 aliphatic carbocycles. The molecule has 2 rings (SSSR count). The van der Waals surface area contributed by atoms with Gasteiger partial charge in [0.25, 0.3) is 0 Å². The van der Waals surface area contributed by atoms with Crippen LogP contribution in [-0.4, -0.2) is 21.6 Å². The Hall–Kier alpha value is -1.68. The lowest BCUT2D eigenvalue weighted by Crippen LogP contribution is -2.01. The van der Waals surface area contributed by atoms with Crippen molar-refractivity contribution in [2.24, 2.45) is 0 Å². The van der Waals surface area contributed by atoms with E-state index in [4.69, 9.17) is 16.3 Å². The summed E-state index contributed by atoms with van der Waals surface area (Å²) in [5, 5.41) is 0.145. The molecule has 19 heavy (non-hydrogen) atoms. The van der Waals surface area contributed by atoms with Gasteiger partial charge < -0.3 is 4.74 Å². The summed E-state index contributed by atoms with van der Waals surface area (Å²) in [6.07, 6.45) is 2.20. The van der Waals surface area contributed by atoms with Crippen LogP contribution in [0.4, 0.5) is 0 Å². The van der Waals surface area contributed by atoms with Gasteiger partial charge in [-0.3, -0.25) is 0 Å². The van der Waals surface area contributed by atoms with Gasteiger partial charge in [0.1, 0.15) is 0 Å². The van der Waals surface area contributed by atoms with E-state index in [9.17, 15) is 0 Å². The molecule has 0 aliphatic rings. The molecule has 1 aromatic heterocycles. The van der Waals surface area contributed by atoms with Crippen LogP contribution in [0.5, 0.6) is 6.01 Å². The standard InChI is InChI=1S/C14H16ClN3O/c1-3-5-10-6-8-11(9-7-10)12-16-13(15)18-14(17-12)19-4-2/h6-9H,3-5H2,1-2H3. The van der Waals surface area contributed by atoms with Gasteiger partial charge in [-0.15, -0.1) is 0 Å². The van der Waals surface area contributed by atoms with Crippen molar-refractivity contribution in [3.8, 4) is 17.4 Å². The zero-order chi connectivity index (χ0) is 13.7.